The van der Waals surface area contributed by atoms with E-state index in [9.17, 15) is 24.4 Å². The first-order chi connectivity index (χ1) is 27.2. The minimum Gasteiger partial charge on any atom is -0.487 e. The molecule has 14 nitrogen and oxygen atoms in total. The smallest absolute Gasteiger partial charge is 0.272 e. The maximum Gasteiger partial charge on any atom is 0.272 e. The van der Waals surface area contributed by atoms with Crippen molar-refractivity contribution in [3.63, 3.8) is 0 Å². The van der Waals surface area contributed by atoms with E-state index in [1.54, 1.807) is 36.4 Å². The first-order valence-electron chi connectivity index (χ1n) is 19.7. The number of amides is 4. The van der Waals surface area contributed by atoms with Gasteiger partial charge in [-0.25, -0.2) is 0 Å². The highest BCUT2D eigenvalue weighted by Gasteiger charge is 2.67. The molecule has 1 aromatic heterocycles. The van der Waals surface area contributed by atoms with Crippen LogP contribution in [0.4, 0.5) is 11.5 Å². The van der Waals surface area contributed by atoms with E-state index in [1.165, 1.54) is 0 Å². The van der Waals surface area contributed by atoms with Crippen molar-refractivity contribution in [3.8, 4) is 11.8 Å². The highest BCUT2D eigenvalue weighted by atomic mass is 35.5. The average Bonchev–Trinajstić information content (AvgIpc) is 3.19. The molecule has 7 rings (SSSR count). The number of imide groups is 1. The maximum absolute atomic E-state index is 13.4. The fourth-order valence-corrected chi connectivity index (χ4v) is 8.81. The predicted molar refractivity (Wildman–Crippen MR) is 215 cm³/mol. The number of aromatic nitrogens is 2. The second kappa shape index (κ2) is 15.9. The number of nitrogens with zero attached hydrogens (tertiary/aromatic N) is 6. The largest absolute Gasteiger partial charge is 0.487 e. The lowest BCUT2D eigenvalue weighted by Crippen LogP contribution is -2.77. The molecule has 0 spiro atoms. The Morgan fingerprint density at radius 2 is 1.63 bits per heavy atom. The summed E-state index contributed by atoms with van der Waals surface area (Å²) < 4.78 is 6.39. The van der Waals surface area contributed by atoms with E-state index in [0.717, 1.165) is 70.2 Å². The number of hydrogen-bond acceptors (Lipinski definition) is 11. The summed E-state index contributed by atoms with van der Waals surface area (Å²) in [5, 5.41) is 26.5. The molecule has 0 radical (unpaired) electrons. The molecule has 4 fully saturated rings. The van der Waals surface area contributed by atoms with Crippen LogP contribution in [0.3, 0.4) is 0 Å². The molecule has 3 unspecified atom stereocenters. The zero-order valence-corrected chi connectivity index (χ0v) is 33.7. The van der Waals surface area contributed by atoms with Gasteiger partial charge in [0.15, 0.2) is 11.5 Å². The van der Waals surface area contributed by atoms with Gasteiger partial charge in [-0.3, -0.25) is 29.4 Å². The number of ether oxygens (including phenoxy) is 1. The number of benzene rings is 2. The zero-order chi connectivity index (χ0) is 40.5. The van der Waals surface area contributed by atoms with E-state index in [2.05, 4.69) is 60.8 Å². The fraction of sp³-hybridized carbons (Fsp3) is 0.500. The van der Waals surface area contributed by atoms with Crippen LogP contribution in [0.2, 0.25) is 5.02 Å². The summed E-state index contributed by atoms with van der Waals surface area (Å²) in [5.41, 5.74) is 0.612. The van der Waals surface area contributed by atoms with Gasteiger partial charge in [0.25, 0.3) is 11.8 Å². The molecular weight excluding hydrogens is 746 g/mol. The number of nitrogens with one attached hydrogen (secondary N) is 3. The fourth-order valence-electron chi connectivity index (χ4n) is 8.59. The third-order valence-corrected chi connectivity index (χ3v) is 13.2. The van der Waals surface area contributed by atoms with Gasteiger partial charge in [0.05, 0.1) is 16.1 Å². The second-order valence-corrected chi connectivity index (χ2v) is 17.1. The highest BCUT2D eigenvalue weighted by Crippen LogP contribution is 2.58. The van der Waals surface area contributed by atoms with Crippen molar-refractivity contribution in [2.24, 2.45) is 11.3 Å². The summed E-state index contributed by atoms with van der Waals surface area (Å²) in [7, 11) is 0. The molecule has 0 bridgehead atoms. The van der Waals surface area contributed by atoms with Gasteiger partial charge >= 0.3 is 0 Å². The summed E-state index contributed by atoms with van der Waals surface area (Å²) in [6, 6.07) is 17.5. The number of hydrogen-bond donors (Lipinski definition) is 3. The van der Waals surface area contributed by atoms with Crippen LogP contribution < -0.4 is 30.5 Å². The van der Waals surface area contributed by atoms with Crippen molar-refractivity contribution in [1.82, 2.24) is 31.0 Å². The zero-order valence-electron chi connectivity index (χ0n) is 32.9. The van der Waals surface area contributed by atoms with Crippen LogP contribution in [0.1, 0.15) is 86.2 Å². The van der Waals surface area contributed by atoms with Crippen molar-refractivity contribution in [3.05, 3.63) is 76.4 Å². The Kier molecular flexibility index (Phi) is 11.2. The second-order valence-electron chi connectivity index (χ2n) is 16.7. The quantitative estimate of drug-likeness (QED) is 0.250. The Hall–Kier alpha value is -5.26. The number of piperazine rings is 1. The van der Waals surface area contributed by atoms with E-state index in [1.807, 2.05) is 32.0 Å². The Bertz CT molecular complexity index is 2060. The van der Waals surface area contributed by atoms with Crippen LogP contribution in [0.5, 0.6) is 5.75 Å². The normalized spacial score (nSPS) is 25.2. The summed E-state index contributed by atoms with van der Waals surface area (Å²) in [5.74, 6) is 0.557. The monoisotopic (exact) mass is 795 g/mol. The van der Waals surface area contributed by atoms with Crippen molar-refractivity contribution in [2.45, 2.75) is 77.0 Å². The van der Waals surface area contributed by atoms with E-state index in [0.29, 0.717) is 40.7 Å². The molecule has 3 atom stereocenters. The SMILES string of the molecule is CC1(NC(=O)c2ccc(N3CCC(CN4CCN(c5ccc(C(=O)NC6CCC(=O)NC6=O)cc5)CC4)CC3)nn2)CC(C)(Oc2ccc(C#N)c(Cl)c2)C1(C)C. The van der Waals surface area contributed by atoms with Crippen molar-refractivity contribution in [1.29, 1.82) is 5.26 Å². The third kappa shape index (κ3) is 8.27. The lowest BCUT2D eigenvalue weighted by atomic mass is 9.48. The standard InChI is InChI=1S/C42H50ClN9O5/c1-40(2)41(3,26-42(40,4)57-31-10-7-29(24-44)32(43)23-31)47-39(56)34-11-13-35(49-48-34)52-17-15-27(16-18-52)25-50-19-21-51(22-20-50)30-8-5-28(6-9-30)37(54)45-33-12-14-36(53)46-38(33)55/h5-11,13,23,27,33H,12,14-22,25-26H2,1-4H3,(H,45,54)(H,47,56)(H,46,53,55). The van der Waals surface area contributed by atoms with Crippen LogP contribution in [-0.2, 0) is 9.59 Å². The predicted octanol–water partition coefficient (Wildman–Crippen LogP) is 4.33. The van der Waals surface area contributed by atoms with Crippen LogP contribution in [-0.4, -0.2) is 102 Å². The Balaban J connectivity index is 0.833. The van der Waals surface area contributed by atoms with Crippen LogP contribution >= 0.6 is 11.6 Å². The van der Waals surface area contributed by atoms with Crippen LogP contribution in [0.15, 0.2) is 54.6 Å². The number of halogens is 1. The molecule has 15 heteroatoms. The molecule has 57 heavy (non-hydrogen) atoms. The van der Waals surface area contributed by atoms with Gasteiger partial charge in [-0.2, -0.15) is 5.26 Å². The molecule has 2 aromatic carbocycles. The Morgan fingerprint density at radius 3 is 2.25 bits per heavy atom. The van der Waals surface area contributed by atoms with E-state index in [-0.39, 0.29) is 29.8 Å². The van der Waals surface area contributed by atoms with Gasteiger partial charge in [0, 0.05) is 81.4 Å². The number of nitriles is 1. The van der Waals surface area contributed by atoms with Gasteiger partial charge in [0.1, 0.15) is 23.5 Å². The highest BCUT2D eigenvalue weighted by molar-refractivity contribution is 6.31. The Labute approximate surface area is 338 Å². The minimum atomic E-state index is -0.699. The summed E-state index contributed by atoms with van der Waals surface area (Å²) in [6.45, 7) is 14.7. The van der Waals surface area contributed by atoms with Crippen molar-refractivity contribution in [2.75, 3.05) is 55.6 Å². The van der Waals surface area contributed by atoms with Crippen LogP contribution in [0.25, 0.3) is 0 Å². The van der Waals surface area contributed by atoms with Gasteiger partial charge in [-0.05, 0) is 87.6 Å². The van der Waals surface area contributed by atoms with Gasteiger partial charge in [-0.1, -0.05) is 25.4 Å². The molecule has 4 heterocycles. The molecule has 4 aliphatic rings. The first kappa shape index (κ1) is 40.0. The summed E-state index contributed by atoms with van der Waals surface area (Å²) in [6.07, 6.45) is 3.19. The molecule has 1 aliphatic carbocycles. The first-order valence-corrected chi connectivity index (χ1v) is 20.1. The van der Waals surface area contributed by atoms with E-state index >= 15 is 0 Å². The van der Waals surface area contributed by atoms with Gasteiger partial charge < -0.3 is 25.2 Å². The van der Waals surface area contributed by atoms with Crippen molar-refractivity contribution >= 4 is 46.7 Å². The molecule has 3 N–H and O–H groups in total. The average molecular weight is 796 g/mol. The number of carbonyl (C=O) groups is 4. The molecule has 3 saturated heterocycles. The number of piperidine rings is 2. The maximum atomic E-state index is 13.4. The number of rotatable bonds is 10. The molecule has 3 aromatic rings. The van der Waals surface area contributed by atoms with Gasteiger partial charge in [-0.15, -0.1) is 10.2 Å². The lowest BCUT2D eigenvalue weighted by molar-refractivity contribution is -0.180. The Morgan fingerprint density at radius 1 is 0.912 bits per heavy atom. The molecule has 3 aliphatic heterocycles. The summed E-state index contributed by atoms with van der Waals surface area (Å²) >= 11 is 6.24. The molecule has 4 amide bonds. The van der Waals surface area contributed by atoms with Gasteiger partial charge in [0.2, 0.25) is 11.8 Å². The number of anilines is 2. The summed E-state index contributed by atoms with van der Waals surface area (Å²) in [4.78, 5) is 56.6. The van der Waals surface area contributed by atoms with Crippen LogP contribution in [0, 0.1) is 22.7 Å². The number of carbonyl (C=O) groups excluding carboxylic acids is 4. The van der Waals surface area contributed by atoms with E-state index in [4.69, 9.17) is 16.3 Å². The molecule has 300 valence electrons. The van der Waals surface area contributed by atoms with Crippen molar-refractivity contribution < 1.29 is 23.9 Å². The third-order valence-electron chi connectivity index (χ3n) is 12.9. The lowest BCUT2D eigenvalue weighted by Gasteiger charge is -2.65. The van der Waals surface area contributed by atoms with E-state index < -0.39 is 28.5 Å². The topological polar surface area (TPSA) is 173 Å². The molecule has 1 saturated carbocycles. The minimum absolute atomic E-state index is 0.215. The molecular formula is C42H50ClN9O5.